The molecule has 0 radical (unpaired) electrons. The molecule has 3 heteroatoms. The summed E-state index contributed by atoms with van der Waals surface area (Å²) in [6.07, 6.45) is 1.83. The Hall–Kier alpha value is -3.51. The van der Waals surface area contributed by atoms with Gasteiger partial charge >= 0.3 is 0 Å². The van der Waals surface area contributed by atoms with Crippen molar-refractivity contribution in [2.45, 2.75) is 26.2 Å². The lowest BCUT2D eigenvalue weighted by atomic mass is 9.99. The molecule has 0 fully saturated rings. The lowest BCUT2D eigenvalue weighted by Crippen LogP contribution is -1.97. The average molecular weight is 414 g/mol. The molecule has 0 bridgehead atoms. The summed E-state index contributed by atoms with van der Waals surface area (Å²) in [5, 5.41) is 1.31. The summed E-state index contributed by atoms with van der Waals surface area (Å²) in [5.74, 6) is 4.25. The summed E-state index contributed by atoms with van der Waals surface area (Å²) < 4.78 is 41.4. The van der Waals surface area contributed by atoms with Gasteiger partial charge in [0.25, 0.3) is 0 Å². The average Bonchev–Trinajstić information content (AvgIpc) is 2.80. The maximum atomic E-state index is 15.0. The molecule has 0 saturated heterocycles. The zero-order valence-electron chi connectivity index (χ0n) is 17.2. The summed E-state index contributed by atoms with van der Waals surface area (Å²) in [6, 6.07) is 21.0. The molecule has 0 aliphatic carbocycles. The highest BCUT2D eigenvalue weighted by atomic mass is 19.2. The van der Waals surface area contributed by atoms with Crippen LogP contribution in [0.2, 0.25) is 0 Å². The van der Waals surface area contributed by atoms with Crippen molar-refractivity contribution in [3.05, 3.63) is 118 Å². The van der Waals surface area contributed by atoms with Gasteiger partial charge in [-0.25, -0.2) is 13.2 Å². The number of hydrogen-bond acceptors (Lipinski definition) is 0. The highest BCUT2D eigenvalue weighted by Gasteiger charge is 2.09. The quantitative estimate of drug-likeness (QED) is 0.315. The van der Waals surface area contributed by atoms with Crippen molar-refractivity contribution in [2.24, 2.45) is 0 Å². The molecule has 4 aromatic carbocycles. The van der Waals surface area contributed by atoms with Crippen molar-refractivity contribution in [1.29, 1.82) is 0 Å². The third-order valence-corrected chi connectivity index (χ3v) is 5.41. The van der Waals surface area contributed by atoms with E-state index in [4.69, 9.17) is 0 Å². The van der Waals surface area contributed by atoms with E-state index in [1.54, 1.807) is 12.1 Å². The van der Waals surface area contributed by atoms with Gasteiger partial charge in [0.05, 0.1) is 0 Å². The smallest absolute Gasteiger partial charge is 0.159 e. The Morgan fingerprint density at radius 1 is 0.645 bits per heavy atom. The van der Waals surface area contributed by atoms with Crippen molar-refractivity contribution in [2.75, 3.05) is 0 Å². The minimum Gasteiger partial charge on any atom is -0.206 e. The zero-order valence-corrected chi connectivity index (χ0v) is 17.2. The molecule has 0 atom stereocenters. The number of halogens is 3. The van der Waals surface area contributed by atoms with Crippen LogP contribution in [0, 0.1) is 29.3 Å². The zero-order chi connectivity index (χ0) is 21.8. The van der Waals surface area contributed by atoms with Crippen molar-refractivity contribution >= 4 is 10.8 Å². The topological polar surface area (TPSA) is 0 Å². The van der Waals surface area contributed by atoms with Gasteiger partial charge in [-0.3, -0.25) is 0 Å². The van der Waals surface area contributed by atoms with Crippen LogP contribution in [-0.2, 0) is 19.3 Å². The molecule has 4 rings (SSSR count). The Morgan fingerprint density at radius 2 is 1.35 bits per heavy atom. The predicted octanol–water partition coefficient (Wildman–Crippen LogP) is 7.00. The number of fused-ring (bicyclic) bond motifs is 1. The van der Waals surface area contributed by atoms with Crippen LogP contribution < -0.4 is 0 Å². The Balaban J connectivity index is 1.53. The Kier molecular flexibility index (Phi) is 6.09. The Bertz CT molecular complexity index is 1290. The van der Waals surface area contributed by atoms with Crippen molar-refractivity contribution in [1.82, 2.24) is 0 Å². The number of aryl methyl sites for hydroxylation is 3. The number of hydrogen-bond donors (Lipinski definition) is 0. The van der Waals surface area contributed by atoms with Crippen molar-refractivity contribution in [3.63, 3.8) is 0 Å². The predicted molar refractivity (Wildman–Crippen MR) is 119 cm³/mol. The van der Waals surface area contributed by atoms with Gasteiger partial charge in [0.15, 0.2) is 11.6 Å². The highest BCUT2D eigenvalue weighted by Crippen LogP contribution is 2.24. The molecular formula is C28H21F3. The Labute approximate surface area is 180 Å². The second-order valence-electron chi connectivity index (χ2n) is 7.52. The molecule has 0 spiro atoms. The third-order valence-electron chi connectivity index (χ3n) is 5.41. The first-order chi connectivity index (χ1) is 15.0. The molecule has 0 aromatic heterocycles. The fourth-order valence-electron chi connectivity index (χ4n) is 3.55. The van der Waals surface area contributed by atoms with Crippen LogP contribution in [0.5, 0.6) is 0 Å². The van der Waals surface area contributed by atoms with Gasteiger partial charge < -0.3 is 0 Å². The molecule has 0 saturated carbocycles. The van der Waals surface area contributed by atoms with Crippen LogP contribution in [0.25, 0.3) is 10.8 Å². The minimum atomic E-state index is -0.883. The summed E-state index contributed by atoms with van der Waals surface area (Å²) in [4.78, 5) is 0. The molecule has 0 nitrogen and oxygen atoms in total. The molecular weight excluding hydrogens is 393 g/mol. The van der Waals surface area contributed by atoms with Gasteiger partial charge in [-0.05, 0) is 77.7 Å². The van der Waals surface area contributed by atoms with Crippen molar-refractivity contribution < 1.29 is 13.2 Å². The van der Waals surface area contributed by atoms with Gasteiger partial charge in [-0.1, -0.05) is 55.2 Å². The third kappa shape index (κ3) is 4.81. The van der Waals surface area contributed by atoms with E-state index in [0.29, 0.717) is 29.4 Å². The highest BCUT2D eigenvalue weighted by molar-refractivity contribution is 5.85. The van der Waals surface area contributed by atoms with Crippen LogP contribution in [0.4, 0.5) is 13.2 Å². The second-order valence-corrected chi connectivity index (χ2v) is 7.52. The molecule has 0 N–H and O–H groups in total. The van der Waals surface area contributed by atoms with E-state index < -0.39 is 11.6 Å². The summed E-state index contributed by atoms with van der Waals surface area (Å²) in [6.45, 7) is 2.11. The van der Waals surface area contributed by atoms with Gasteiger partial charge in [0.1, 0.15) is 5.82 Å². The summed E-state index contributed by atoms with van der Waals surface area (Å²) in [5.41, 5.74) is 4.22. The van der Waals surface area contributed by atoms with E-state index in [1.165, 1.54) is 11.6 Å². The molecule has 31 heavy (non-hydrogen) atoms. The van der Waals surface area contributed by atoms with Crippen LogP contribution in [0.15, 0.2) is 72.8 Å². The summed E-state index contributed by atoms with van der Waals surface area (Å²) in [7, 11) is 0. The molecule has 0 aliphatic rings. The number of benzene rings is 4. The van der Waals surface area contributed by atoms with E-state index in [-0.39, 0.29) is 5.82 Å². The van der Waals surface area contributed by atoms with E-state index in [2.05, 4.69) is 30.9 Å². The van der Waals surface area contributed by atoms with Crippen LogP contribution >= 0.6 is 0 Å². The number of rotatable bonds is 4. The fraction of sp³-hybridized carbons (Fsp3) is 0.143. The maximum Gasteiger partial charge on any atom is 0.159 e. The standard InChI is InChI=1S/C28H21F3/c1-2-19-3-5-20(6-4-19)7-8-21-10-15-25-24(17-21)14-13-23(28(25)31)12-9-22-11-16-26(29)27(30)18-22/h3-6,10-11,13-18H,2,9,12H2,1H3. The van der Waals surface area contributed by atoms with E-state index in [1.807, 2.05) is 30.3 Å². The SMILES string of the molecule is CCc1ccc(C#Cc2ccc3c(F)c(CCc4ccc(F)c(F)c4)ccc3c2)cc1. The second kappa shape index (κ2) is 9.10. The van der Waals surface area contributed by atoms with Gasteiger partial charge in [-0.15, -0.1) is 0 Å². The van der Waals surface area contributed by atoms with Crippen LogP contribution in [0.3, 0.4) is 0 Å². The van der Waals surface area contributed by atoms with Gasteiger partial charge in [0, 0.05) is 16.5 Å². The van der Waals surface area contributed by atoms with Crippen LogP contribution in [-0.4, -0.2) is 0 Å². The molecule has 154 valence electrons. The maximum absolute atomic E-state index is 15.0. The molecule has 0 amide bonds. The summed E-state index contributed by atoms with van der Waals surface area (Å²) >= 11 is 0. The lowest BCUT2D eigenvalue weighted by molar-refractivity contribution is 0.507. The monoisotopic (exact) mass is 414 g/mol. The van der Waals surface area contributed by atoms with E-state index >= 15 is 0 Å². The Morgan fingerprint density at radius 3 is 2.10 bits per heavy atom. The molecule has 4 aromatic rings. The largest absolute Gasteiger partial charge is 0.206 e. The van der Waals surface area contributed by atoms with E-state index in [0.717, 1.165) is 35.1 Å². The lowest BCUT2D eigenvalue weighted by Gasteiger charge is -2.08. The van der Waals surface area contributed by atoms with E-state index in [9.17, 15) is 13.2 Å². The van der Waals surface area contributed by atoms with Crippen LogP contribution in [0.1, 0.15) is 34.7 Å². The van der Waals surface area contributed by atoms with Crippen molar-refractivity contribution in [3.8, 4) is 11.8 Å². The first-order valence-corrected chi connectivity index (χ1v) is 10.3. The fourth-order valence-corrected chi connectivity index (χ4v) is 3.55. The molecule has 0 aliphatic heterocycles. The normalized spacial score (nSPS) is 10.7. The van der Waals surface area contributed by atoms with Gasteiger partial charge in [0.2, 0.25) is 0 Å². The van der Waals surface area contributed by atoms with Gasteiger partial charge in [-0.2, -0.15) is 0 Å². The first-order valence-electron chi connectivity index (χ1n) is 10.3. The molecule has 0 heterocycles. The first kappa shape index (κ1) is 20.8. The minimum absolute atomic E-state index is 0.283. The molecule has 0 unspecified atom stereocenters.